The smallest absolute Gasteiger partial charge is 0.462 e. The van der Waals surface area contributed by atoms with E-state index in [9.17, 15) is 43.2 Å². The second kappa shape index (κ2) is 72.7. The number of allylic oxidation sites excluding steroid dienone is 4. The molecular formula is C83H158O17P2. The van der Waals surface area contributed by atoms with Gasteiger partial charge in [0.2, 0.25) is 0 Å². The fourth-order valence-corrected chi connectivity index (χ4v) is 13.8. The minimum absolute atomic E-state index is 0.0842. The first-order valence-corrected chi connectivity index (χ1v) is 45.2. The van der Waals surface area contributed by atoms with Gasteiger partial charge in [0.1, 0.15) is 19.3 Å². The Morgan fingerprint density at radius 3 is 0.873 bits per heavy atom. The molecule has 0 aliphatic heterocycles. The van der Waals surface area contributed by atoms with Crippen molar-refractivity contribution in [1.29, 1.82) is 0 Å². The first-order valence-electron chi connectivity index (χ1n) is 42.2. The first-order chi connectivity index (χ1) is 49.3. The molecule has 0 aromatic carbocycles. The average molecular weight is 1490 g/mol. The molecule has 17 nitrogen and oxygen atoms in total. The fourth-order valence-electron chi connectivity index (χ4n) is 12.3. The molecule has 0 heterocycles. The van der Waals surface area contributed by atoms with Gasteiger partial charge in [0.15, 0.2) is 12.2 Å². The van der Waals surface area contributed by atoms with Crippen LogP contribution in [-0.2, 0) is 65.4 Å². The van der Waals surface area contributed by atoms with Crippen LogP contribution in [0.2, 0.25) is 0 Å². The third kappa shape index (κ3) is 74.4. The van der Waals surface area contributed by atoms with Crippen LogP contribution in [0.5, 0.6) is 0 Å². The lowest BCUT2D eigenvalue weighted by molar-refractivity contribution is -0.161. The molecule has 0 rings (SSSR count). The van der Waals surface area contributed by atoms with E-state index < -0.39 is 97.5 Å². The zero-order valence-electron chi connectivity index (χ0n) is 66.6. The molecule has 0 saturated heterocycles. The summed E-state index contributed by atoms with van der Waals surface area (Å²) in [5, 5.41) is 10.6. The van der Waals surface area contributed by atoms with E-state index in [-0.39, 0.29) is 25.7 Å². The van der Waals surface area contributed by atoms with E-state index in [4.69, 9.17) is 37.0 Å². The van der Waals surface area contributed by atoms with Gasteiger partial charge in [0, 0.05) is 25.7 Å². The van der Waals surface area contributed by atoms with E-state index in [1.807, 2.05) is 0 Å². The summed E-state index contributed by atoms with van der Waals surface area (Å²) in [6.07, 6.45) is 64.7. The summed E-state index contributed by atoms with van der Waals surface area (Å²) in [6.45, 7) is 11.9. The molecule has 4 unspecified atom stereocenters. The third-order valence-electron chi connectivity index (χ3n) is 19.1. The summed E-state index contributed by atoms with van der Waals surface area (Å²) in [7, 11) is -9.94. The molecule has 0 aliphatic rings. The number of hydrogen-bond donors (Lipinski definition) is 3. The highest BCUT2D eigenvalue weighted by atomic mass is 31.2. The van der Waals surface area contributed by atoms with Gasteiger partial charge in [-0.1, -0.05) is 355 Å². The van der Waals surface area contributed by atoms with E-state index in [2.05, 4.69) is 72.8 Å². The van der Waals surface area contributed by atoms with E-state index in [0.717, 1.165) is 121 Å². The summed E-state index contributed by atoms with van der Waals surface area (Å²) in [4.78, 5) is 73.1. The molecule has 0 amide bonds. The third-order valence-corrected chi connectivity index (χ3v) is 21.0. The minimum atomic E-state index is -4.97. The number of phosphoric ester groups is 2. The number of rotatable bonds is 79. The number of esters is 4. The van der Waals surface area contributed by atoms with Crippen molar-refractivity contribution in [3.8, 4) is 0 Å². The van der Waals surface area contributed by atoms with E-state index in [1.165, 1.54) is 199 Å². The largest absolute Gasteiger partial charge is 0.472 e. The topological polar surface area (TPSA) is 237 Å². The van der Waals surface area contributed by atoms with Gasteiger partial charge in [-0.3, -0.25) is 37.3 Å². The van der Waals surface area contributed by atoms with Crippen LogP contribution < -0.4 is 0 Å². The van der Waals surface area contributed by atoms with Crippen molar-refractivity contribution in [2.45, 2.75) is 426 Å². The van der Waals surface area contributed by atoms with E-state index in [0.29, 0.717) is 31.6 Å². The van der Waals surface area contributed by atoms with E-state index in [1.54, 1.807) is 0 Å². The Kier molecular flexibility index (Phi) is 71.0. The zero-order valence-corrected chi connectivity index (χ0v) is 68.4. The molecule has 102 heavy (non-hydrogen) atoms. The van der Waals surface area contributed by atoms with Crippen molar-refractivity contribution in [2.24, 2.45) is 17.8 Å². The Balaban J connectivity index is 5.27. The van der Waals surface area contributed by atoms with Gasteiger partial charge in [-0.15, -0.1) is 0 Å². The predicted molar refractivity (Wildman–Crippen MR) is 418 cm³/mol. The lowest BCUT2D eigenvalue weighted by Crippen LogP contribution is -2.30. The number of hydrogen-bond acceptors (Lipinski definition) is 15. The molecule has 0 bridgehead atoms. The van der Waals surface area contributed by atoms with Gasteiger partial charge < -0.3 is 33.8 Å². The Hall–Kier alpha value is -2.46. The molecular weight excluding hydrogens is 1330 g/mol. The Morgan fingerprint density at radius 2 is 0.578 bits per heavy atom. The second-order valence-corrected chi connectivity index (χ2v) is 33.3. The van der Waals surface area contributed by atoms with Gasteiger partial charge in [-0.05, 0) is 69.1 Å². The number of carbonyl (C=O) groups excluding carboxylic acids is 4. The van der Waals surface area contributed by atoms with Gasteiger partial charge >= 0.3 is 39.5 Å². The van der Waals surface area contributed by atoms with Crippen molar-refractivity contribution in [3.05, 3.63) is 24.3 Å². The molecule has 0 radical (unpaired) electrons. The van der Waals surface area contributed by atoms with E-state index >= 15 is 0 Å². The molecule has 0 saturated carbocycles. The maximum Gasteiger partial charge on any atom is 0.472 e. The highest BCUT2D eigenvalue weighted by Crippen LogP contribution is 2.45. The maximum atomic E-state index is 13.1. The van der Waals surface area contributed by atoms with Crippen molar-refractivity contribution in [2.75, 3.05) is 39.6 Å². The minimum Gasteiger partial charge on any atom is -0.462 e. The van der Waals surface area contributed by atoms with Gasteiger partial charge in [0.05, 0.1) is 26.4 Å². The summed E-state index contributed by atoms with van der Waals surface area (Å²) in [6, 6.07) is 0. The number of aliphatic hydroxyl groups excluding tert-OH is 1. The van der Waals surface area contributed by atoms with Crippen LogP contribution >= 0.6 is 15.6 Å². The van der Waals surface area contributed by atoms with Gasteiger partial charge in [-0.25, -0.2) is 9.13 Å². The molecule has 0 aromatic heterocycles. The zero-order chi connectivity index (χ0) is 75.1. The highest BCUT2D eigenvalue weighted by Gasteiger charge is 2.30. The SMILES string of the molecule is CCCCCC/C=C\C=C/CCCCCCCC(=O)O[C@H](COC(=O)CCCCCCCCCC(C)C)COP(=O)(O)OCC(O)COP(=O)(O)OC[C@@H](COC(=O)CCCCCCCCCCCCCCCCCCC(C)C)OC(=O)CCCCCCCCCCCCCCCCC(C)CC. The quantitative estimate of drug-likeness (QED) is 0.0169. The predicted octanol–water partition coefficient (Wildman–Crippen LogP) is 24.5. The molecule has 0 spiro atoms. The number of phosphoric acid groups is 2. The summed E-state index contributed by atoms with van der Waals surface area (Å²) >= 11 is 0. The summed E-state index contributed by atoms with van der Waals surface area (Å²) < 4.78 is 68.7. The monoisotopic (exact) mass is 1490 g/mol. The van der Waals surface area contributed by atoms with Crippen LogP contribution in [0.3, 0.4) is 0 Å². The second-order valence-electron chi connectivity index (χ2n) is 30.4. The molecule has 3 N–H and O–H groups in total. The molecule has 6 atom stereocenters. The summed E-state index contributed by atoms with van der Waals surface area (Å²) in [5.74, 6) is 0.218. The molecule has 0 aliphatic carbocycles. The van der Waals surface area contributed by atoms with Crippen molar-refractivity contribution < 1.29 is 80.2 Å². The molecule has 0 aromatic rings. The Labute approximate surface area is 624 Å². The first kappa shape index (κ1) is 99.5. The lowest BCUT2D eigenvalue weighted by atomic mass is 9.99. The lowest BCUT2D eigenvalue weighted by Gasteiger charge is -2.21. The maximum absolute atomic E-state index is 13.1. The fraction of sp³-hybridized carbons (Fsp3) is 0.904. The van der Waals surface area contributed by atoms with Gasteiger partial charge in [-0.2, -0.15) is 0 Å². The Bertz CT molecular complexity index is 2070. The van der Waals surface area contributed by atoms with Crippen LogP contribution in [0, 0.1) is 17.8 Å². The standard InChI is InChI=1S/C83H158O17P2/c1-8-10-11-12-13-14-15-16-19-27-32-37-44-52-59-66-83(88)100-79(71-94-81(86)65-58-51-46-39-41-48-55-62-75(5)6)73-98-102(91,92)96-69-77(84)68-95-101(89,90)97-72-78(99-82(87)67-60-53-45-38-33-28-23-22-25-30-35-42-49-56-63-76(7)9-2)70-93-80(85)64-57-50-43-36-31-26-21-18-17-20-24-29-34-40-47-54-61-74(3)4/h14-16,19,74-79,84H,8-13,17-18,20-73H2,1-7H3,(H,89,90)(H,91,92)/b15-14-,19-16-/t76?,77?,78-,79-/m1/s1. The normalized spacial score (nSPS) is 14.4. The van der Waals surface area contributed by atoms with Gasteiger partial charge in [0.25, 0.3) is 0 Å². The molecule has 602 valence electrons. The summed E-state index contributed by atoms with van der Waals surface area (Å²) in [5.41, 5.74) is 0. The van der Waals surface area contributed by atoms with Crippen LogP contribution in [0.25, 0.3) is 0 Å². The highest BCUT2D eigenvalue weighted by molar-refractivity contribution is 7.47. The van der Waals surface area contributed by atoms with Crippen LogP contribution in [0.15, 0.2) is 24.3 Å². The number of unbranched alkanes of at least 4 members (excludes halogenated alkanes) is 43. The number of carbonyl (C=O) groups is 4. The van der Waals surface area contributed by atoms with Crippen molar-refractivity contribution in [1.82, 2.24) is 0 Å². The van der Waals surface area contributed by atoms with Crippen LogP contribution in [0.1, 0.15) is 408 Å². The average Bonchev–Trinajstić information content (AvgIpc) is 0.912. The van der Waals surface area contributed by atoms with Crippen LogP contribution in [0.4, 0.5) is 0 Å². The van der Waals surface area contributed by atoms with Crippen molar-refractivity contribution >= 4 is 39.5 Å². The Morgan fingerprint density at radius 1 is 0.324 bits per heavy atom. The van der Waals surface area contributed by atoms with Crippen LogP contribution in [-0.4, -0.2) is 96.7 Å². The molecule has 19 heteroatoms. The molecule has 0 fully saturated rings. The number of aliphatic hydroxyl groups is 1. The van der Waals surface area contributed by atoms with Crippen molar-refractivity contribution in [3.63, 3.8) is 0 Å². The number of ether oxygens (including phenoxy) is 4.